The van der Waals surface area contributed by atoms with Crippen LogP contribution in [0.2, 0.25) is 0 Å². The first-order valence-electron chi connectivity index (χ1n) is 6.25. The summed E-state index contributed by atoms with van der Waals surface area (Å²) in [7, 11) is 0. The molecule has 1 fully saturated rings. The van der Waals surface area contributed by atoms with Gasteiger partial charge in [-0.3, -0.25) is 4.79 Å². The molecular formula is C13H25NO2. The lowest BCUT2D eigenvalue weighted by atomic mass is 9.76. The Hall–Kier alpha value is -0.570. The normalized spacial score (nSPS) is 22.0. The van der Waals surface area contributed by atoms with Gasteiger partial charge in [-0.05, 0) is 37.8 Å². The van der Waals surface area contributed by atoms with Crippen molar-refractivity contribution in [3.8, 4) is 0 Å². The van der Waals surface area contributed by atoms with Crippen LogP contribution in [0.3, 0.4) is 0 Å². The first kappa shape index (κ1) is 13.5. The van der Waals surface area contributed by atoms with Crippen molar-refractivity contribution in [3.63, 3.8) is 0 Å². The van der Waals surface area contributed by atoms with Crippen molar-refractivity contribution < 1.29 is 9.90 Å². The third-order valence-electron chi connectivity index (χ3n) is 3.64. The van der Waals surface area contributed by atoms with Crippen molar-refractivity contribution in [1.29, 1.82) is 0 Å². The molecule has 0 aromatic rings. The molecule has 0 aliphatic carbocycles. The van der Waals surface area contributed by atoms with E-state index in [1.807, 2.05) is 6.92 Å². The first-order valence-corrected chi connectivity index (χ1v) is 6.25. The van der Waals surface area contributed by atoms with Crippen molar-refractivity contribution in [1.82, 2.24) is 4.90 Å². The number of piperidine rings is 1. The minimum atomic E-state index is -0.606. The van der Waals surface area contributed by atoms with Gasteiger partial charge in [0.2, 0.25) is 0 Å². The van der Waals surface area contributed by atoms with Crippen LogP contribution in [0.1, 0.15) is 47.0 Å². The molecule has 94 valence electrons. The largest absolute Gasteiger partial charge is 0.481 e. The van der Waals surface area contributed by atoms with Crippen molar-refractivity contribution in [2.75, 3.05) is 19.6 Å². The van der Waals surface area contributed by atoms with Crippen LogP contribution >= 0.6 is 0 Å². The maximum atomic E-state index is 11.3. The molecule has 1 aliphatic heterocycles. The van der Waals surface area contributed by atoms with E-state index in [2.05, 4.69) is 25.7 Å². The second-order valence-corrected chi connectivity index (χ2v) is 6.28. The van der Waals surface area contributed by atoms with Crippen molar-refractivity contribution in [2.45, 2.75) is 47.0 Å². The third kappa shape index (κ3) is 3.21. The average Bonchev–Trinajstić information content (AvgIpc) is 2.16. The predicted molar refractivity (Wildman–Crippen MR) is 65.5 cm³/mol. The van der Waals surface area contributed by atoms with E-state index >= 15 is 0 Å². The molecule has 16 heavy (non-hydrogen) atoms. The summed E-state index contributed by atoms with van der Waals surface area (Å²) in [6.45, 7) is 11.6. The minimum absolute atomic E-state index is 0.301. The van der Waals surface area contributed by atoms with Crippen molar-refractivity contribution in [2.24, 2.45) is 10.8 Å². The number of aliphatic carboxylic acids is 1. The molecule has 1 N–H and O–H groups in total. The Labute approximate surface area is 98.8 Å². The Morgan fingerprint density at radius 3 is 2.12 bits per heavy atom. The fourth-order valence-corrected chi connectivity index (χ4v) is 2.53. The highest BCUT2D eigenvalue weighted by atomic mass is 16.4. The fraction of sp³-hybridized carbons (Fsp3) is 0.923. The molecule has 1 heterocycles. The van der Waals surface area contributed by atoms with Gasteiger partial charge in [-0.15, -0.1) is 0 Å². The molecule has 1 aliphatic rings. The number of carbonyl (C=O) groups is 1. The summed E-state index contributed by atoms with van der Waals surface area (Å²) in [5, 5.41) is 9.29. The van der Waals surface area contributed by atoms with Gasteiger partial charge >= 0.3 is 5.97 Å². The van der Waals surface area contributed by atoms with E-state index in [1.54, 1.807) is 0 Å². The van der Waals surface area contributed by atoms with Crippen molar-refractivity contribution in [3.05, 3.63) is 0 Å². The van der Waals surface area contributed by atoms with Crippen molar-refractivity contribution >= 4 is 5.97 Å². The van der Waals surface area contributed by atoms with Gasteiger partial charge in [-0.25, -0.2) is 0 Å². The van der Waals surface area contributed by atoms with E-state index in [4.69, 9.17) is 0 Å². The lowest BCUT2D eigenvalue weighted by Crippen LogP contribution is -2.46. The Balaban J connectivity index is 2.53. The van der Waals surface area contributed by atoms with Crippen LogP contribution in [0.5, 0.6) is 0 Å². The highest BCUT2D eigenvalue weighted by Crippen LogP contribution is 2.35. The summed E-state index contributed by atoms with van der Waals surface area (Å²) in [6, 6.07) is 0. The van der Waals surface area contributed by atoms with E-state index in [9.17, 15) is 9.90 Å². The molecule has 0 radical (unpaired) electrons. The molecule has 3 heteroatoms. The molecule has 1 saturated heterocycles. The molecule has 3 nitrogen and oxygen atoms in total. The molecule has 1 rings (SSSR count). The number of hydrogen-bond donors (Lipinski definition) is 1. The number of rotatable bonds is 3. The van der Waals surface area contributed by atoms with Gasteiger partial charge in [0.25, 0.3) is 0 Å². The van der Waals surface area contributed by atoms with E-state index in [0.29, 0.717) is 5.41 Å². The second-order valence-electron chi connectivity index (χ2n) is 6.28. The minimum Gasteiger partial charge on any atom is -0.481 e. The highest BCUT2D eigenvalue weighted by Gasteiger charge is 2.40. The van der Waals surface area contributed by atoms with E-state index in [0.717, 1.165) is 38.9 Å². The molecule has 0 amide bonds. The molecule has 0 aromatic heterocycles. The predicted octanol–water partition coefficient (Wildman–Crippen LogP) is 2.61. The molecule has 0 bridgehead atoms. The number of nitrogens with zero attached hydrogens (tertiary/aromatic N) is 1. The molecular weight excluding hydrogens is 202 g/mol. The fourth-order valence-electron chi connectivity index (χ4n) is 2.53. The second kappa shape index (κ2) is 4.74. The van der Waals surface area contributed by atoms with Crippen LogP contribution < -0.4 is 0 Å². The van der Waals surface area contributed by atoms with Gasteiger partial charge in [-0.2, -0.15) is 0 Å². The first-order chi connectivity index (χ1) is 7.29. The summed E-state index contributed by atoms with van der Waals surface area (Å²) < 4.78 is 0. The number of hydrogen-bond acceptors (Lipinski definition) is 2. The van der Waals surface area contributed by atoms with Gasteiger partial charge in [0, 0.05) is 6.54 Å². The van der Waals surface area contributed by atoms with Gasteiger partial charge in [0.05, 0.1) is 5.41 Å². The van der Waals surface area contributed by atoms with Crippen LogP contribution in [0.25, 0.3) is 0 Å². The smallest absolute Gasteiger partial charge is 0.309 e. The Bertz CT molecular complexity index is 247. The van der Waals surface area contributed by atoms with Gasteiger partial charge in [0.15, 0.2) is 0 Å². The highest BCUT2D eigenvalue weighted by molar-refractivity contribution is 5.74. The summed E-state index contributed by atoms with van der Waals surface area (Å²) in [5.74, 6) is -0.606. The van der Waals surface area contributed by atoms with Crippen LogP contribution in [0.4, 0.5) is 0 Å². The number of carboxylic acid groups (broad SMARTS) is 1. The molecule has 0 unspecified atom stereocenters. The zero-order valence-electron chi connectivity index (χ0n) is 11.0. The van der Waals surface area contributed by atoms with E-state index in [-0.39, 0.29) is 0 Å². The maximum Gasteiger partial charge on any atom is 0.309 e. The molecule has 0 saturated carbocycles. The van der Waals surface area contributed by atoms with E-state index in [1.165, 1.54) is 0 Å². The monoisotopic (exact) mass is 227 g/mol. The summed E-state index contributed by atoms with van der Waals surface area (Å²) >= 11 is 0. The summed E-state index contributed by atoms with van der Waals surface area (Å²) in [5.41, 5.74) is -0.149. The third-order valence-corrected chi connectivity index (χ3v) is 3.64. The maximum absolute atomic E-state index is 11.3. The summed E-state index contributed by atoms with van der Waals surface area (Å²) in [4.78, 5) is 13.7. The zero-order chi connectivity index (χ0) is 12.4. The topological polar surface area (TPSA) is 40.5 Å². The standard InChI is InChI=1S/C13H25NO2/c1-5-13(11(15)16)6-8-14(9-7-13)10-12(2,3)4/h5-10H2,1-4H3,(H,15,16). The molecule has 0 spiro atoms. The zero-order valence-corrected chi connectivity index (χ0v) is 11.0. The lowest BCUT2D eigenvalue weighted by Gasteiger charge is -2.40. The Morgan fingerprint density at radius 1 is 1.31 bits per heavy atom. The Morgan fingerprint density at radius 2 is 1.81 bits per heavy atom. The number of likely N-dealkylation sites (tertiary alicyclic amines) is 1. The van der Waals surface area contributed by atoms with Crippen LogP contribution in [-0.2, 0) is 4.79 Å². The molecule has 0 atom stereocenters. The quantitative estimate of drug-likeness (QED) is 0.805. The number of carboxylic acids is 1. The lowest BCUT2D eigenvalue weighted by molar-refractivity contribution is -0.152. The van der Waals surface area contributed by atoms with Crippen LogP contribution in [0.15, 0.2) is 0 Å². The van der Waals surface area contributed by atoms with Gasteiger partial charge < -0.3 is 10.0 Å². The molecule has 0 aromatic carbocycles. The van der Waals surface area contributed by atoms with Gasteiger partial charge in [-0.1, -0.05) is 27.7 Å². The van der Waals surface area contributed by atoms with Crippen LogP contribution in [-0.4, -0.2) is 35.6 Å². The Kier molecular flexibility index (Phi) is 4.00. The average molecular weight is 227 g/mol. The summed E-state index contributed by atoms with van der Waals surface area (Å²) in [6.07, 6.45) is 2.36. The van der Waals surface area contributed by atoms with E-state index < -0.39 is 11.4 Å². The SMILES string of the molecule is CCC1(C(=O)O)CCN(CC(C)(C)C)CC1. The van der Waals surface area contributed by atoms with Gasteiger partial charge in [0.1, 0.15) is 0 Å². The van der Waals surface area contributed by atoms with Crippen LogP contribution in [0, 0.1) is 10.8 Å².